The molecule has 3 rings (SSSR count). The van der Waals surface area contributed by atoms with Gasteiger partial charge in [-0.05, 0) is 25.5 Å². The van der Waals surface area contributed by atoms with E-state index >= 15 is 0 Å². The van der Waals surface area contributed by atoms with Gasteiger partial charge in [0.25, 0.3) is 11.8 Å². The maximum absolute atomic E-state index is 13.3. The smallest absolute Gasteiger partial charge is 0.481 e. The highest BCUT2D eigenvalue weighted by Gasteiger charge is 2.31. The molecular weight excluding hydrogens is 512 g/mol. The van der Waals surface area contributed by atoms with Gasteiger partial charge in [-0.25, -0.2) is 9.48 Å². The summed E-state index contributed by atoms with van der Waals surface area (Å²) in [4.78, 5) is 69.9. The Balaban J connectivity index is 1.76. The summed E-state index contributed by atoms with van der Waals surface area (Å²) in [5.41, 5.74) is 0.593. The van der Waals surface area contributed by atoms with Crippen molar-refractivity contribution >= 4 is 29.8 Å². The van der Waals surface area contributed by atoms with Gasteiger partial charge in [0.2, 0.25) is 5.91 Å². The molecule has 1 aromatic heterocycles. The quantitative estimate of drug-likeness (QED) is 0.408. The Morgan fingerprint density at radius 1 is 1.08 bits per heavy atom. The van der Waals surface area contributed by atoms with Crippen LogP contribution in [0.1, 0.15) is 40.7 Å². The van der Waals surface area contributed by atoms with Gasteiger partial charge in [0.15, 0.2) is 5.69 Å². The van der Waals surface area contributed by atoms with E-state index in [1.165, 1.54) is 25.6 Å². The van der Waals surface area contributed by atoms with Crippen molar-refractivity contribution < 1.29 is 38.7 Å². The summed E-state index contributed by atoms with van der Waals surface area (Å²) in [5, 5.41) is 17.4. The number of piperazine rings is 1. The number of hydrogen-bond acceptors (Lipinski definition) is 9. The van der Waals surface area contributed by atoms with Gasteiger partial charge in [0.1, 0.15) is 11.7 Å². The standard InChI is InChI=1S/C25H32N6O8/c1-4-38-25(37)39-30-14-12-29(13-15-30)23(35)18(10-11-21(32)33)26-22(34)19-16-20(24(36)28(2)3)31(27-19)17-8-6-5-7-9-17/h5-9,16,18H,4,10-15H2,1-3H3,(H,26,34)(H,32,33)/t18-/m0/s1. The molecule has 1 atom stereocenters. The first-order valence-corrected chi connectivity index (χ1v) is 12.4. The topological polar surface area (TPSA) is 164 Å². The Labute approximate surface area is 225 Å². The Kier molecular flexibility index (Phi) is 9.98. The Morgan fingerprint density at radius 3 is 2.33 bits per heavy atom. The highest BCUT2D eigenvalue weighted by atomic mass is 16.8. The molecule has 0 aliphatic carbocycles. The number of aromatic nitrogens is 2. The monoisotopic (exact) mass is 544 g/mol. The summed E-state index contributed by atoms with van der Waals surface area (Å²) in [7, 11) is 3.14. The van der Waals surface area contributed by atoms with Gasteiger partial charge >= 0.3 is 12.1 Å². The number of benzene rings is 1. The summed E-state index contributed by atoms with van der Waals surface area (Å²) < 4.78 is 6.09. The lowest BCUT2D eigenvalue weighted by molar-refractivity contribution is -0.157. The average molecular weight is 545 g/mol. The number of nitrogens with one attached hydrogen (secondary N) is 1. The van der Waals surface area contributed by atoms with Crippen LogP contribution in [-0.2, 0) is 19.2 Å². The zero-order valence-corrected chi connectivity index (χ0v) is 22.0. The Bertz CT molecular complexity index is 1190. The molecule has 0 radical (unpaired) electrons. The molecule has 2 heterocycles. The number of carboxylic acids is 1. The molecule has 0 saturated carbocycles. The van der Waals surface area contributed by atoms with Crippen LogP contribution < -0.4 is 5.32 Å². The maximum atomic E-state index is 13.3. The molecule has 1 saturated heterocycles. The third-order valence-electron chi connectivity index (χ3n) is 5.83. The lowest BCUT2D eigenvalue weighted by Gasteiger charge is -2.35. The van der Waals surface area contributed by atoms with E-state index in [1.807, 2.05) is 0 Å². The van der Waals surface area contributed by atoms with Gasteiger partial charge in [-0.2, -0.15) is 5.10 Å². The van der Waals surface area contributed by atoms with E-state index in [1.54, 1.807) is 51.4 Å². The molecule has 210 valence electrons. The number of carbonyl (C=O) groups is 5. The maximum Gasteiger partial charge on any atom is 0.527 e. The Hall–Kier alpha value is -4.46. The van der Waals surface area contributed by atoms with Crippen LogP contribution in [0.3, 0.4) is 0 Å². The van der Waals surface area contributed by atoms with Crippen molar-refractivity contribution in [3.05, 3.63) is 47.8 Å². The first kappa shape index (κ1) is 29.1. The minimum Gasteiger partial charge on any atom is -0.481 e. The lowest BCUT2D eigenvalue weighted by Crippen LogP contribution is -2.55. The molecule has 1 aliphatic rings. The molecule has 3 amide bonds. The fourth-order valence-corrected chi connectivity index (χ4v) is 3.87. The lowest BCUT2D eigenvalue weighted by atomic mass is 10.1. The van der Waals surface area contributed by atoms with Gasteiger partial charge in [-0.1, -0.05) is 18.2 Å². The molecule has 14 heteroatoms. The SMILES string of the molecule is CCOC(=O)ON1CCN(C(=O)[C@H](CCC(=O)O)NC(=O)c2cc(C(=O)N(C)C)n(-c3ccccc3)n2)CC1. The first-order valence-electron chi connectivity index (χ1n) is 12.4. The highest BCUT2D eigenvalue weighted by molar-refractivity contribution is 6.00. The van der Waals surface area contributed by atoms with Crippen molar-refractivity contribution in [1.29, 1.82) is 0 Å². The number of amides is 3. The molecule has 0 spiro atoms. The summed E-state index contributed by atoms with van der Waals surface area (Å²) in [6.45, 7) is 2.60. The minimum atomic E-state index is -1.15. The number of para-hydroxylation sites is 1. The summed E-state index contributed by atoms with van der Waals surface area (Å²) >= 11 is 0. The van der Waals surface area contributed by atoms with E-state index in [2.05, 4.69) is 10.4 Å². The van der Waals surface area contributed by atoms with Crippen LogP contribution >= 0.6 is 0 Å². The molecule has 0 unspecified atom stereocenters. The predicted octanol–water partition coefficient (Wildman–Crippen LogP) is 0.770. The molecule has 14 nitrogen and oxygen atoms in total. The molecular formula is C25H32N6O8. The largest absolute Gasteiger partial charge is 0.527 e. The molecule has 39 heavy (non-hydrogen) atoms. The van der Waals surface area contributed by atoms with Crippen LogP contribution in [0.25, 0.3) is 5.69 Å². The second-order valence-electron chi connectivity index (χ2n) is 8.85. The zero-order chi connectivity index (χ0) is 28.5. The fourth-order valence-electron chi connectivity index (χ4n) is 3.87. The van der Waals surface area contributed by atoms with Crippen LogP contribution in [0.2, 0.25) is 0 Å². The second kappa shape index (κ2) is 13.4. The van der Waals surface area contributed by atoms with Crippen molar-refractivity contribution in [3.8, 4) is 5.69 Å². The van der Waals surface area contributed by atoms with E-state index in [0.29, 0.717) is 5.69 Å². The van der Waals surface area contributed by atoms with E-state index in [9.17, 15) is 29.1 Å². The predicted molar refractivity (Wildman–Crippen MR) is 136 cm³/mol. The number of hydrogen-bond donors (Lipinski definition) is 2. The summed E-state index contributed by atoms with van der Waals surface area (Å²) in [6.07, 6.45) is -1.35. The van der Waals surface area contributed by atoms with E-state index in [0.717, 1.165) is 0 Å². The van der Waals surface area contributed by atoms with Crippen LogP contribution in [0, 0.1) is 0 Å². The van der Waals surface area contributed by atoms with Crippen LogP contribution in [-0.4, -0.2) is 113 Å². The average Bonchev–Trinajstić information content (AvgIpc) is 3.36. The number of hydroxylamine groups is 2. The molecule has 2 aromatic rings. The second-order valence-corrected chi connectivity index (χ2v) is 8.85. The zero-order valence-electron chi connectivity index (χ0n) is 22.0. The van der Waals surface area contributed by atoms with Crippen molar-refractivity contribution in [2.75, 3.05) is 46.9 Å². The van der Waals surface area contributed by atoms with Gasteiger partial charge in [-0.15, -0.1) is 5.06 Å². The Morgan fingerprint density at radius 2 is 1.74 bits per heavy atom. The van der Waals surface area contributed by atoms with Crippen molar-refractivity contribution in [2.45, 2.75) is 25.8 Å². The molecule has 0 bridgehead atoms. The first-order chi connectivity index (χ1) is 18.6. The van der Waals surface area contributed by atoms with Crippen LogP contribution in [0.4, 0.5) is 4.79 Å². The summed E-state index contributed by atoms with van der Waals surface area (Å²) in [6, 6.07) is 8.96. The van der Waals surface area contributed by atoms with Gasteiger partial charge in [0, 0.05) is 39.7 Å². The van der Waals surface area contributed by atoms with Gasteiger partial charge < -0.3 is 29.8 Å². The van der Waals surface area contributed by atoms with Gasteiger partial charge in [0.05, 0.1) is 25.4 Å². The third-order valence-corrected chi connectivity index (χ3v) is 5.83. The summed E-state index contributed by atoms with van der Waals surface area (Å²) in [5.74, 6) is -2.72. The molecule has 1 fully saturated rings. The highest BCUT2D eigenvalue weighted by Crippen LogP contribution is 2.16. The van der Waals surface area contributed by atoms with Gasteiger partial charge in [-0.3, -0.25) is 19.2 Å². The number of ether oxygens (including phenoxy) is 1. The fraction of sp³-hybridized carbons (Fsp3) is 0.440. The van der Waals surface area contributed by atoms with E-state index in [-0.39, 0.29) is 62.9 Å². The molecule has 2 N–H and O–H groups in total. The van der Waals surface area contributed by atoms with E-state index in [4.69, 9.17) is 9.57 Å². The van der Waals surface area contributed by atoms with Crippen molar-refractivity contribution in [1.82, 2.24) is 30.0 Å². The molecule has 1 aliphatic heterocycles. The third kappa shape index (κ3) is 7.77. The number of rotatable bonds is 10. The number of aliphatic carboxylic acids is 1. The van der Waals surface area contributed by atoms with Crippen molar-refractivity contribution in [3.63, 3.8) is 0 Å². The van der Waals surface area contributed by atoms with Crippen LogP contribution in [0.15, 0.2) is 36.4 Å². The minimum absolute atomic E-state index is 0.107. The number of nitrogens with zero attached hydrogens (tertiary/aromatic N) is 5. The normalized spacial score (nSPS) is 14.3. The van der Waals surface area contributed by atoms with Crippen LogP contribution in [0.5, 0.6) is 0 Å². The number of carbonyl (C=O) groups excluding carboxylic acids is 4. The van der Waals surface area contributed by atoms with E-state index < -0.39 is 30.0 Å². The molecule has 1 aromatic carbocycles. The number of carboxylic acid groups (broad SMARTS) is 1. The van der Waals surface area contributed by atoms with Crippen molar-refractivity contribution in [2.24, 2.45) is 0 Å².